The van der Waals surface area contributed by atoms with E-state index in [1.54, 1.807) is 0 Å². The first-order valence-corrected chi connectivity index (χ1v) is 9.57. The molecule has 2 rings (SSSR count). The Morgan fingerprint density at radius 1 is 1.33 bits per heavy atom. The van der Waals surface area contributed by atoms with E-state index in [-0.39, 0.29) is 12.0 Å². The summed E-state index contributed by atoms with van der Waals surface area (Å²) >= 11 is 0. The van der Waals surface area contributed by atoms with Gasteiger partial charge in [-0.1, -0.05) is 6.92 Å². The molecular formula is C18H36N4O2. The van der Waals surface area contributed by atoms with Gasteiger partial charge in [0.25, 0.3) is 0 Å². The van der Waals surface area contributed by atoms with Crippen molar-refractivity contribution < 1.29 is 9.84 Å². The lowest BCUT2D eigenvalue weighted by molar-refractivity contribution is 0.127. The summed E-state index contributed by atoms with van der Waals surface area (Å²) in [6, 6.07) is 0. The molecule has 2 aliphatic heterocycles. The zero-order valence-electron chi connectivity index (χ0n) is 15.5. The molecule has 0 bridgehead atoms. The first-order chi connectivity index (χ1) is 11.7. The maximum atomic E-state index is 9.31. The number of aliphatic imine (C=N–C) groups is 1. The molecule has 1 unspecified atom stereocenters. The summed E-state index contributed by atoms with van der Waals surface area (Å²) in [6.45, 7) is 9.48. The number of likely N-dealkylation sites (tertiary alicyclic amines) is 1. The summed E-state index contributed by atoms with van der Waals surface area (Å²) in [5.74, 6) is 1.60. The number of nitrogens with zero attached hydrogens (tertiary/aromatic N) is 2. The molecule has 0 aromatic carbocycles. The third-order valence-electron chi connectivity index (χ3n) is 5.49. The summed E-state index contributed by atoms with van der Waals surface area (Å²) < 4.78 is 5.55. The Balaban J connectivity index is 1.69. The van der Waals surface area contributed by atoms with Gasteiger partial charge in [0.15, 0.2) is 5.96 Å². The SMILES string of the molecule is CCCN1CCC(CNC(=NC)NCC2(CCO)CCOC2)CC1. The van der Waals surface area contributed by atoms with E-state index in [1.807, 2.05) is 7.05 Å². The number of aliphatic hydroxyl groups excluding tert-OH is 1. The normalized spacial score (nSPS) is 26.7. The molecule has 24 heavy (non-hydrogen) atoms. The molecule has 0 aliphatic carbocycles. The summed E-state index contributed by atoms with van der Waals surface area (Å²) in [5.41, 5.74) is 0.0534. The Labute approximate surface area is 147 Å². The predicted octanol–water partition coefficient (Wildman–Crippen LogP) is 1.06. The monoisotopic (exact) mass is 340 g/mol. The third-order valence-corrected chi connectivity index (χ3v) is 5.49. The Hall–Kier alpha value is -0.850. The van der Waals surface area contributed by atoms with Gasteiger partial charge in [0.05, 0.1) is 6.61 Å². The number of ether oxygens (including phenoxy) is 1. The van der Waals surface area contributed by atoms with E-state index in [0.717, 1.165) is 51.0 Å². The summed E-state index contributed by atoms with van der Waals surface area (Å²) in [4.78, 5) is 6.92. The van der Waals surface area contributed by atoms with Gasteiger partial charge in [-0.15, -0.1) is 0 Å². The van der Waals surface area contributed by atoms with Crippen LogP contribution in [0.2, 0.25) is 0 Å². The van der Waals surface area contributed by atoms with Crippen LogP contribution in [0.3, 0.4) is 0 Å². The summed E-state index contributed by atoms with van der Waals surface area (Å²) in [5, 5.41) is 16.2. The summed E-state index contributed by atoms with van der Waals surface area (Å²) in [7, 11) is 1.82. The van der Waals surface area contributed by atoms with Crippen molar-refractivity contribution in [2.24, 2.45) is 16.3 Å². The number of hydrogen-bond donors (Lipinski definition) is 3. The zero-order chi connectivity index (χ0) is 17.3. The molecular weight excluding hydrogens is 304 g/mol. The molecule has 0 aromatic rings. The number of rotatable bonds is 8. The number of hydrogen-bond acceptors (Lipinski definition) is 4. The fraction of sp³-hybridized carbons (Fsp3) is 0.944. The molecule has 0 spiro atoms. The van der Waals surface area contributed by atoms with E-state index in [4.69, 9.17) is 4.74 Å². The van der Waals surface area contributed by atoms with Crippen molar-refractivity contribution in [1.82, 2.24) is 15.5 Å². The van der Waals surface area contributed by atoms with Crippen molar-refractivity contribution in [2.45, 2.75) is 39.0 Å². The second kappa shape index (κ2) is 10.2. The van der Waals surface area contributed by atoms with Gasteiger partial charge in [-0.05, 0) is 57.7 Å². The molecule has 140 valence electrons. The maximum Gasteiger partial charge on any atom is 0.191 e. The van der Waals surface area contributed by atoms with Crippen molar-refractivity contribution in [1.29, 1.82) is 0 Å². The predicted molar refractivity (Wildman–Crippen MR) is 98.4 cm³/mol. The highest BCUT2D eigenvalue weighted by atomic mass is 16.5. The Morgan fingerprint density at radius 2 is 2.12 bits per heavy atom. The molecule has 0 radical (unpaired) electrons. The number of piperidine rings is 1. The van der Waals surface area contributed by atoms with Gasteiger partial charge in [0, 0.05) is 38.8 Å². The van der Waals surface area contributed by atoms with E-state index in [1.165, 1.54) is 38.9 Å². The maximum absolute atomic E-state index is 9.31. The van der Waals surface area contributed by atoms with E-state index >= 15 is 0 Å². The minimum Gasteiger partial charge on any atom is -0.396 e. The molecule has 6 nitrogen and oxygen atoms in total. The van der Waals surface area contributed by atoms with Crippen molar-refractivity contribution in [3.63, 3.8) is 0 Å². The molecule has 2 aliphatic rings. The highest BCUT2D eigenvalue weighted by molar-refractivity contribution is 5.79. The first-order valence-electron chi connectivity index (χ1n) is 9.57. The van der Waals surface area contributed by atoms with Gasteiger partial charge in [0.1, 0.15) is 0 Å². The number of guanidine groups is 1. The van der Waals surface area contributed by atoms with Crippen LogP contribution in [-0.4, -0.2) is 75.6 Å². The largest absolute Gasteiger partial charge is 0.396 e. The topological polar surface area (TPSA) is 69.1 Å². The number of aliphatic hydroxyl groups is 1. The molecule has 6 heteroatoms. The minimum absolute atomic E-state index is 0.0534. The van der Waals surface area contributed by atoms with E-state index in [2.05, 4.69) is 27.4 Å². The second-order valence-corrected chi connectivity index (χ2v) is 7.37. The average Bonchev–Trinajstić information content (AvgIpc) is 3.06. The van der Waals surface area contributed by atoms with Crippen LogP contribution in [0.4, 0.5) is 0 Å². The van der Waals surface area contributed by atoms with Crippen LogP contribution in [0.5, 0.6) is 0 Å². The smallest absolute Gasteiger partial charge is 0.191 e. The van der Waals surface area contributed by atoms with Crippen LogP contribution in [0, 0.1) is 11.3 Å². The van der Waals surface area contributed by atoms with Crippen LogP contribution in [0.15, 0.2) is 4.99 Å². The van der Waals surface area contributed by atoms with Crippen LogP contribution in [0.25, 0.3) is 0 Å². The minimum atomic E-state index is 0.0534. The quantitative estimate of drug-likeness (QED) is 0.455. The second-order valence-electron chi connectivity index (χ2n) is 7.37. The van der Waals surface area contributed by atoms with Gasteiger partial charge in [0.2, 0.25) is 0 Å². The highest BCUT2D eigenvalue weighted by Crippen LogP contribution is 2.31. The fourth-order valence-electron chi connectivity index (χ4n) is 3.77. The molecule has 3 N–H and O–H groups in total. The average molecular weight is 341 g/mol. The van der Waals surface area contributed by atoms with E-state index < -0.39 is 0 Å². The highest BCUT2D eigenvalue weighted by Gasteiger charge is 2.34. The zero-order valence-corrected chi connectivity index (χ0v) is 15.5. The van der Waals surface area contributed by atoms with Gasteiger partial charge in [-0.3, -0.25) is 4.99 Å². The van der Waals surface area contributed by atoms with Crippen molar-refractivity contribution in [2.75, 3.05) is 59.6 Å². The molecule has 2 fully saturated rings. The van der Waals surface area contributed by atoms with E-state index in [0.29, 0.717) is 0 Å². The molecule has 1 atom stereocenters. The lowest BCUT2D eigenvalue weighted by Crippen LogP contribution is -2.46. The molecule has 2 saturated heterocycles. The van der Waals surface area contributed by atoms with Crippen molar-refractivity contribution in [3.8, 4) is 0 Å². The standard InChI is InChI=1S/C18H36N4O2/c1-3-8-22-9-4-16(5-10-22)13-20-17(19-2)21-14-18(6-11-23)7-12-24-15-18/h16,23H,3-15H2,1-2H3,(H2,19,20,21). The van der Waals surface area contributed by atoms with Gasteiger partial charge in [-0.25, -0.2) is 0 Å². The summed E-state index contributed by atoms with van der Waals surface area (Å²) in [6.07, 6.45) is 5.58. The third kappa shape index (κ3) is 5.90. The first kappa shape index (κ1) is 19.5. The van der Waals surface area contributed by atoms with Gasteiger partial charge in [-0.2, -0.15) is 0 Å². The van der Waals surface area contributed by atoms with Crippen LogP contribution in [0.1, 0.15) is 39.0 Å². The van der Waals surface area contributed by atoms with Crippen molar-refractivity contribution in [3.05, 3.63) is 0 Å². The Kier molecular flexibility index (Phi) is 8.29. The molecule has 2 heterocycles. The molecule has 0 aromatic heterocycles. The fourth-order valence-corrected chi connectivity index (χ4v) is 3.77. The Morgan fingerprint density at radius 3 is 2.71 bits per heavy atom. The lowest BCUT2D eigenvalue weighted by Gasteiger charge is -2.32. The van der Waals surface area contributed by atoms with Crippen LogP contribution >= 0.6 is 0 Å². The molecule has 0 saturated carbocycles. The number of nitrogens with one attached hydrogen (secondary N) is 2. The molecule has 0 amide bonds. The lowest BCUT2D eigenvalue weighted by atomic mass is 9.84. The van der Waals surface area contributed by atoms with Crippen LogP contribution in [-0.2, 0) is 4.74 Å². The van der Waals surface area contributed by atoms with Crippen LogP contribution < -0.4 is 10.6 Å². The van der Waals surface area contributed by atoms with Gasteiger partial charge < -0.3 is 25.4 Å². The van der Waals surface area contributed by atoms with Crippen molar-refractivity contribution >= 4 is 5.96 Å². The Bertz CT molecular complexity index is 375. The van der Waals surface area contributed by atoms with E-state index in [9.17, 15) is 5.11 Å². The van der Waals surface area contributed by atoms with Gasteiger partial charge >= 0.3 is 0 Å².